The van der Waals surface area contributed by atoms with Gasteiger partial charge in [-0.25, -0.2) is 4.21 Å². The fraction of sp³-hybridized carbons (Fsp3) is 0.619. The van der Waals surface area contributed by atoms with E-state index in [1.54, 1.807) is 12.1 Å². The third-order valence-corrected chi connectivity index (χ3v) is 29.7. The summed E-state index contributed by atoms with van der Waals surface area (Å²) in [6.07, 6.45) is 19.1. The van der Waals surface area contributed by atoms with E-state index in [4.69, 9.17) is 52.7 Å². The van der Waals surface area contributed by atoms with E-state index in [9.17, 15) is 34.3 Å². The number of aliphatic carboxylic acids is 1. The number of halogens is 8. The second kappa shape index (κ2) is 74.1. The van der Waals surface area contributed by atoms with Gasteiger partial charge in [0.25, 0.3) is 0 Å². The molecular formula is C97H151BBr3Cl5N8O11S5. The number of aryl methyl sites for hydroxylation is 3. The van der Waals surface area contributed by atoms with Crippen molar-refractivity contribution in [3.8, 4) is 23.6 Å². The number of likely N-dealkylation sites (N-methyl/N-ethyl adjacent to an activating group) is 1. The summed E-state index contributed by atoms with van der Waals surface area (Å²) in [5.74, 6) is 4.87. The number of aliphatic hydroxyl groups excluding tert-OH is 2. The van der Waals surface area contributed by atoms with Gasteiger partial charge in [0, 0.05) is 113 Å². The smallest absolute Gasteiger partial charge is 0.369 e. The van der Waals surface area contributed by atoms with Crippen LogP contribution in [-0.2, 0) is 61.3 Å². The largest absolute Gasteiger partial charge is 0.508 e. The van der Waals surface area contributed by atoms with Gasteiger partial charge in [0.15, 0.2) is 0 Å². The number of carbonyl (C=O) groups is 5. The molecule has 6 aliphatic heterocycles. The number of carbonyl (C=O) groups excluding carboxylic acids is 4. The number of ketones is 3. The van der Waals surface area contributed by atoms with E-state index < -0.39 is 20.6 Å². The number of aliphatic hydroxyl groups is 2. The van der Waals surface area contributed by atoms with Crippen molar-refractivity contribution in [2.45, 2.75) is 230 Å². The third kappa shape index (κ3) is 51.6. The van der Waals surface area contributed by atoms with Crippen LogP contribution in [0.15, 0.2) is 121 Å². The average molecular weight is 2190 g/mol. The molecule has 130 heavy (non-hydrogen) atoms. The molecule has 5 aromatic rings. The minimum Gasteiger partial charge on any atom is -0.508 e. The Morgan fingerprint density at radius 1 is 0.538 bits per heavy atom. The fourth-order valence-corrected chi connectivity index (χ4v) is 22.2. The van der Waals surface area contributed by atoms with Gasteiger partial charge in [-0.1, -0.05) is 205 Å². The Labute approximate surface area is 851 Å². The molecule has 6 heterocycles. The summed E-state index contributed by atoms with van der Waals surface area (Å²) >= 11 is 20.2. The summed E-state index contributed by atoms with van der Waals surface area (Å²) in [4.78, 5) is 73.4. The lowest BCUT2D eigenvalue weighted by Gasteiger charge is -2.40. The predicted molar refractivity (Wildman–Crippen MR) is 573 cm³/mol. The van der Waals surface area contributed by atoms with Crippen LogP contribution < -0.4 is 4.74 Å². The summed E-state index contributed by atoms with van der Waals surface area (Å²) in [5, 5.41) is 54.1. The summed E-state index contributed by atoms with van der Waals surface area (Å²) < 4.78 is 15.0. The number of carboxylic acid groups (broad SMARTS) is 1. The van der Waals surface area contributed by atoms with Crippen LogP contribution in [0, 0.1) is 43.4 Å². The monoisotopic (exact) mass is 2190 g/mol. The Morgan fingerprint density at radius 3 is 1.23 bits per heavy atom. The first kappa shape index (κ1) is 129. The molecule has 6 aliphatic rings. The molecule has 11 rings (SSSR count). The van der Waals surface area contributed by atoms with Gasteiger partial charge < -0.3 is 54.6 Å². The highest BCUT2D eigenvalue weighted by molar-refractivity contribution is 9.69. The van der Waals surface area contributed by atoms with Crippen LogP contribution in [0.25, 0.3) is 0 Å². The molecular weight excluding hydrogens is 2040 g/mol. The van der Waals surface area contributed by atoms with E-state index in [1.807, 2.05) is 151 Å². The first-order valence-corrected chi connectivity index (χ1v) is 55.5. The lowest BCUT2D eigenvalue weighted by atomic mass is 9.69. The van der Waals surface area contributed by atoms with Crippen molar-refractivity contribution in [3.63, 3.8) is 0 Å². The molecule has 0 spiro atoms. The number of nitriles is 2. The Balaban J connectivity index is 0. The number of phenols is 1. The van der Waals surface area contributed by atoms with Crippen LogP contribution in [0.1, 0.15) is 215 Å². The maximum Gasteiger partial charge on any atom is 0.369 e. The maximum absolute atomic E-state index is 12.9. The first-order chi connectivity index (χ1) is 60.5. The van der Waals surface area contributed by atoms with Crippen molar-refractivity contribution >= 4 is 189 Å². The molecule has 0 radical (unpaired) electrons. The van der Waals surface area contributed by atoms with E-state index >= 15 is 0 Å². The number of piperidine rings is 4. The van der Waals surface area contributed by atoms with E-state index in [0.717, 1.165) is 170 Å². The van der Waals surface area contributed by atoms with Crippen LogP contribution in [0.4, 0.5) is 0 Å². The number of ether oxygens (including phenoxy) is 1. The highest BCUT2D eigenvalue weighted by Crippen LogP contribution is 2.44. The minimum atomic E-state index is -1.67. The second-order valence-corrected chi connectivity index (χ2v) is 48.3. The normalized spacial score (nSPS) is 17.4. The van der Waals surface area contributed by atoms with Crippen LogP contribution in [-0.4, -0.2) is 254 Å². The predicted octanol–water partition coefficient (Wildman–Crippen LogP) is 23.0. The molecule has 0 aliphatic carbocycles. The van der Waals surface area contributed by atoms with Crippen molar-refractivity contribution in [1.82, 2.24) is 29.4 Å². The molecule has 734 valence electrons. The summed E-state index contributed by atoms with van der Waals surface area (Å²) in [6, 6.07) is 44.5. The molecule has 4 N–H and O–H groups in total. The number of Topliss-reactive ketones (excluding diaryl/α,β-unsaturated/α-hetero) is 3. The zero-order chi connectivity index (χ0) is 94.8. The quantitative estimate of drug-likeness (QED) is 0.00633. The van der Waals surface area contributed by atoms with Gasteiger partial charge in [0.05, 0.1) is 53.4 Å². The van der Waals surface area contributed by atoms with Crippen molar-refractivity contribution < 1.29 is 53.3 Å². The van der Waals surface area contributed by atoms with E-state index in [1.165, 1.54) is 65.0 Å². The highest BCUT2D eigenvalue weighted by atomic mass is 79.9. The molecule has 0 amide bonds. The van der Waals surface area contributed by atoms with Gasteiger partial charge in [-0.05, 0) is 257 Å². The Morgan fingerprint density at radius 2 is 0.885 bits per heavy atom. The molecule has 6 fully saturated rings. The number of nitrogens with zero attached hydrogens (tertiary/aromatic N) is 8. The fourth-order valence-electron chi connectivity index (χ4n) is 15.6. The molecule has 5 aromatic carbocycles. The van der Waals surface area contributed by atoms with Gasteiger partial charge in [-0.15, -0.1) is 82.9 Å². The van der Waals surface area contributed by atoms with Gasteiger partial charge in [-0.3, -0.25) is 24.0 Å². The molecule has 0 bridgehead atoms. The lowest BCUT2D eigenvalue weighted by molar-refractivity contribution is -0.137. The SMILES string of the molecule is BrB(Br)Br.C.C.CCC(=O)C1(c2cccc(C)c2)CCN(C)CC1.CCC(=O)C1(c2cccc(O)c2)CCN(C)CC1.CCC(=O)C1(c2cccc(OC(=O)CCCCC3CCSS3)c2)CCN(C)CC1.CN(CCCl)CCCl.CN(CCO)CCO.Cc1cccc(C2(C#N)CCN(C)CC2)c1.Cc1cccc(CC#N)c1.Cl.O=C(O)CCCCC1CCSS1.O=S(Cl)Cl. The topological polar surface area (TPSA) is 260 Å². The van der Waals surface area contributed by atoms with Gasteiger partial charge >= 0.3 is 15.1 Å². The number of aromatic hydroxyl groups is 1. The number of unbranched alkanes of at least 4 members (excludes halogenated alkanes) is 2. The number of hydrogen-bond donors (Lipinski definition) is 4. The molecule has 0 saturated carbocycles. The van der Waals surface area contributed by atoms with Gasteiger partial charge in [0.1, 0.15) is 28.8 Å². The standard InChI is InChI=1S/C23H33NO3S2.C16H23NO.C15H21NO2.C14H18N2.C9H9N.C8H14O2S2.C5H11Cl2N.C5H13NO2.2CH4.BBr3.Cl2OS.ClH/c1-3-21(25)23(12-14-24(2)15-13-23)18-7-6-8-19(17-18)27-22(26)10-5-4-9-20-11-16-28-29-20;1-4-15(18)16(8-10-17(3)11-9-16)14-7-5-6-13(2)12-14;1-3-14(18)15(7-9-16(2)10-8-15)12-5-4-6-13(17)11-12;1-12-4-3-5-13(10-12)14(11-15)6-8-16(2)9-7-14;1-8-3-2-4-9(7-8)5-6-10;9-8(10)4-2-1-3-7-5-6-11-12-7;1-8(4-2-6)5-3-7;1-6(2-4-7)3-5-8;;;2-1(3)4;1-4(2)3;/h6-8,17,20H,3-5,9-16H2,1-2H3;5-7,12H,4,8-11H2,1-3H3;4-6,11,17H,3,7-10H2,1-2H3;3-5,10H,6-9H2,1-2H3;2-4,7H,5H2,1H3;7H,1-6H2,(H,9,10);2-5H2,1H3;7-8H,2-5H2,1H3;2*1H4;;;1H. The highest BCUT2D eigenvalue weighted by Gasteiger charge is 2.44. The average Bonchev–Trinajstić information content (AvgIpc) is 0.891. The minimum absolute atomic E-state index is 0. The van der Waals surface area contributed by atoms with Gasteiger partial charge in [0.2, 0.25) is 9.23 Å². The first-order valence-electron chi connectivity index (χ1n) is 44.1. The second-order valence-electron chi connectivity index (χ2n) is 33.0. The van der Waals surface area contributed by atoms with E-state index in [2.05, 4.69) is 196 Å². The maximum atomic E-state index is 12.9. The zero-order valence-electron chi connectivity index (χ0n) is 77.4. The van der Waals surface area contributed by atoms with Crippen LogP contribution in [0.3, 0.4) is 0 Å². The Kier molecular flexibility index (Phi) is 73.6. The number of likely N-dealkylation sites (tertiary alicyclic amines) is 4. The summed E-state index contributed by atoms with van der Waals surface area (Å²) in [5.41, 5.74) is 7.88. The van der Waals surface area contributed by atoms with E-state index in [0.29, 0.717) is 80.7 Å². The molecule has 2 atom stereocenters. The van der Waals surface area contributed by atoms with Crippen molar-refractivity contribution in [1.29, 1.82) is 10.5 Å². The summed E-state index contributed by atoms with van der Waals surface area (Å²) in [7, 11) is 27.5. The van der Waals surface area contributed by atoms with Crippen molar-refractivity contribution in [2.24, 2.45) is 0 Å². The van der Waals surface area contributed by atoms with Crippen LogP contribution in [0.5, 0.6) is 11.5 Å². The number of phenolic OH excluding ortho intramolecular Hbond substituents is 1. The van der Waals surface area contributed by atoms with Crippen LogP contribution in [0.2, 0.25) is 0 Å². The Hall–Kier alpha value is -2.99. The molecule has 19 nitrogen and oxygen atoms in total. The van der Waals surface area contributed by atoms with Gasteiger partial charge in [-0.2, -0.15) is 10.5 Å². The summed E-state index contributed by atoms with van der Waals surface area (Å²) in [6.45, 7) is 23.3. The van der Waals surface area contributed by atoms with Crippen LogP contribution >= 0.6 is 147 Å². The van der Waals surface area contributed by atoms with E-state index in [-0.39, 0.29) is 77.4 Å². The number of esters is 1. The number of rotatable bonds is 30. The molecule has 2 unspecified atom stereocenters. The molecule has 0 aromatic heterocycles. The number of carboxylic acids is 1. The zero-order valence-corrected chi connectivity index (χ0v) is 90.1. The number of hydrogen-bond acceptors (Lipinski definition) is 22. The number of benzene rings is 5. The third-order valence-electron chi connectivity index (χ3n) is 23.3. The van der Waals surface area contributed by atoms with Crippen molar-refractivity contribution in [2.75, 3.05) is 157 Å². The number of alkyl halides is 2. The lowest BCUT2D eigenvalue weighted by Crippen LogP contribution is -2.46. The van der Waals surface area contributed by atoms with Crippen molar-refractivity contribution in [3.05, 3.63) is 166 Å². The Bertz CT molecular complexity index is 3920. The molecule has 33 heteroatoms. The molecule has 6 saturated heterocycles.